The normalized spacial score (nSPS) is 16.8. The van der Waals surface area contributed by atoms with Crippen LogP contribution in [0.25, 0.3) is 11.6 Å². The van der Waals surface area contributed by atoms with Crippen molar-refractivity contribution in [2.45, 2.75) is 33.7 Å². The van der Waals surface area contributed by atoms with Gasteiger partial charge in [-0.1, -0.05) is 20.8 Å². The summed E-state index contributed by atoms with van der Waals surface area (Å²) in [6.45, 7) is 8.26. The third kappa shape index (κ3) is 3.14. The average molecular weight is 343 g/mol. The van der Waals surface area contributed by atoms with Crippen LogP contribution in [-0.4, -0.2) is 22.8 Å². The molecule has 0 saturated carbocycles. The van der Waals surface area contributed by atoms with Crippen LogP contribution >= 0.6 is 11.3 Å². The molecule has 3 rings (SSSR count). The predicted octanol–water partition coefficient (Wildman–Crippen LogP) is 3.73. The van der Waals surface area contributed by atoms with Gasteiger partial charge in [0, 0.05) is 23.5 Å². The van der Waals surface area contributed by atoms with Gasteiger partial charge < -0.3 is 15.6 Å². The summed E-state index contributed by atoms with van der Waals surface area (Å²) >= 11 is 1.31. The number of rotatable bonds is 3. The molecule has 1 atom stereocenters. The molecule has 1 aliphatic heterocycles. The second kappa shape index (κ2) is 5.94. The summed E-state index contributed by atoms with van der Waals surface area (Å²) in [5, 5.41) is 6.59. The Morgan fingerprint density at radius 2 is 2.12 bits per heavy atom. The van der Waals surface area contributed by atoms with Crippen molar-refractivity contribution in [1.29, 1.82) is 0 Å². The van der Waals surface area contributed by atoms with Crippen LogP contribution < -0.4 is 10.6 Å². The molecule has 2 aromatic heterocycles. The molecule has 24 heavy (non-hydrogen) atoms. The van der Waals surface area contributed by atoms with Crippen molar-refractivity contribution in [3.63, 3.8) is 0 Å². The molecule has 1 aliphatic rings. The third-order valence-electron chi connectivity index (χ3n) is 4.29. The van der Waals surface area contributed by atoms with Gasteiger partial charge in [0.05, 0.1) is 10.5 Å². The zero-order chi connectivity index (χ0) is 17.5. The fourth-order valence-electron chi connectivity index (χ4n) is 2.31. The SMILES string of the molecule is CC(NC(=O)c1cc2c(s1)NC(=O)C2=Cc1ccc[nH]1)C(C)(C)C. The van der Waals surface area contributed by atoms with Crippen molar-refractivity contribution in [2.24, 2.45) is 5.41 Å². The fourth-order valence-corrected chi connectivity index (χ4v) is 3.28. The van der Waals surface area contributed by atoms with Crippen LogP contribution in [0.1, 0.15) is 48.6 Å². The van der Waals surface area contributed by atoms with E-state index in [0.29, 0.717) is 10.5 Å². The van der Waals surface area contributed by atoms with Crippen LogP contribution in [0, 0.1) is 5.41 Å². The van der Waals surface area contributed by atoms with Crippen molar-refractivity contribution in [2.75, 3.05) is 5.32 Å². The number of thiophene rings is 1. The predicted molar refractivity (Wildman–Crippen MR) is 98.0 cm³/mol. The van der Waals surface area contributed by atoms with Crippen molar-refractivity contribution < 1.29 is 9.59 Å². The molecule has 0 saturated heterocycles. The number of amides is 2. The summed E-state index contributed by atoms with van der Waals surface area (Å²) in [5.41, 5.74) is 2.20. The molecule has 0 aromatic carbocycles. The van der Waals surface area contributed by atoms with Crippen LogP contribution in [0.15, 0.2) is 24.4 Å². The number of fused-ring (bicyclic) bond motifs is 1. The molecule has 6 heteroatoms. The number of H-pyrrole nitrogens is 1. The molecule has 0 aliphatic carbocycles. The fraction of sp³-hybridized carbons (Fsp3) is 0.333. The average Bonchev–Trinajstić information content (AvgIpc) is 3.17. The molecular weight excluding hydrogens is 322 g/mol. The Bertz CT molecular complexity index is 810. The first-order chi connectivity index (χ1) is 11.3. The van der Waals surface area contributed by atoms with Gasteiger partial charge in [-0.2, -0.15) is 0 Å². The van der Waals surface area contributed by atoms with Crippen molar-refractivity contribution >= 4 is 39.8 Å². The zero-order valence-corrected chi connectivity index (χ0v) is 15.0. The lowest BCUT2D eigenvalue weighted by Crippen LogP contribution is -2.41. The second-order valence-corrected chi connectivity index (χ2v) is 8.10. The molecule has 5 nitrogen and oxygen atoms in total. The van der Waals surface area contributed by atoms with Crippen LogP contribution in [-0.2, 0) is 4.79 Å². The van der Waals surface area contributed by atoms with Crippen molar-refractivity contribution in [1.82, 2.24) is 10.3 Å². The minimum atomic E-state index is -0.138. The molecule has 3 N–H and O–H groups in total. The maximum absolute atomic E-state index is 12.5. The first-order valence-corrected chi connectivity index (χ1v) is 8.69. The maximum Gasteiger partial charge on any atom is 0.261 e. The van der Waals surface area contributed by atoms with Crippen LogP contribution in [0.2, 0.25) is 0 Å². The Morgan fingerprint density at radius 3 is 2.75 bits per heavy atom. The van der Waals surface area contributed by atoms with Gasteiger partial charge in [-0.25, -0.2) is 0 Å². The lowest BCUT2D eigenvalue weighted by atomic mass is 9.88. The number of hydrogen-bond acceptors (Lipinski definition) is 3. The van der Waals surface area contributed by atoms with Gasteiger partial charge in [-0.15, -0.1) is 11.3 Å². The van der Waals surface area contributed by atoms with E-state index in [1.165, 1.54) is 11.3 Å². The van der Waals surface area contributed by atoms with Gasteiger partial charge in [-0.05, 0) is 36.6 Å². The van der Waals surface area contributed by atoms with Crippen molar-refractivity contribution in [3.05, 3.63) is 40.5 Å². The zero-order valence-electron chi connectivity index (χ0n) is 14.2. The molecule has 0 spiro atoms. The van der Waals surface area contributed by atoms with E-state index >= 15 is 0 Å². The highest BCUT2D eigenvalue weighted by atomic mass is 32.1. The summed E-state index contributed by atoms with van der Waals surface area (Å²) < 4.78 is 0. The highest BCUT2D eigenvalue weighted by molar-refractivity contribution is 7.18. The maximum atomic E-state index is 12.5. The summed E-state index contributed by atoms with van der Waals surface area (Å²) in [5.74, 6) is -0.244. The van der Waals surface area contributed by atoms with Gasteiger partial charge in [0.15, 0.2) is 0 Å². The van der Waals surface area contributed by atoms with Crippen LogP contribution in [0.5, 0.6) is 0 Å². The van der Waals surface area contributed by atoms with E-state index in [4.69, 9.17) is 0 Å². The summed E-state index contributed by atoms with van der Waals surface area (Å²) in [7, 11) is 0. The monoisotopic (exact) mass is 343 g/mol. The highest BCUT2D eigenvalue weighted by Gasteiger charge is 2.29. The summed E-state index contributed by atoms with van der Waals surface area (Å²) in [4.78, 5) is 28.3. The van der Waals surface area contributed by atoms with E-state index in [0.717, 1.165) is 16.3 Å². The molecule has 0 radical (unpaired) electrons. The topological polar surface area (TPSA) is 74.0 Å². The largest absolute Gasteiger partial charge is 0.362 e. The number of hydrogen-bond donors (Lipinski definition) is 3. The number of aromatic nitrogens is 1. The summed E-state index contributed by atoms with van der Waals surface area (Å²) in [6, 6.07) is 5.60. The van der Waals surface area contributed by atoms with E-state index in [9.17, 15) is 9.59 Å². The number of carbonyl (C=O) groups excluding carboxylic acids is 2. The Hall–Kier alpha value is -2.34. The van der Waals surface area contributed by atoms with Gasteiger partial charge in [0.25, 0.3) is 11.8 Å². The molecule has 3 heterocycles. The molecule has 0 bridgehead atoms. The molecule has 2 aromatic rings. The minimum Gasteiger partial charge on any atom is -0.362 e. The molecule has 1 unspecified atom stereocenters. The van der Waals surface area contributed by atoms with Crippen LogP contribution in [0.4, 0.5) is 5.00 Å². The number of aromatic amines is 1. The lowest BCUT2D eigenvalue weighted by Gasteiger charge is -2.27. The number of anilines is 1. The van der Waals surface area contributed by atoms with E-state index < -0.39 is 0 Å². The quantitative estimate of drug-likeness (QED) is 0.743. The highest BCUT2D eigenvalue weighted by Crippen LogP contribution is 2.39. The van der Waals surface area contributed by atoms with Crippen molar-refractivity contribution in [3.8, 4) is 0 Å². The number of nitrogens with one attached hydrogen (secondary N) is 3. The van der Waals surface area contributed by atoms with E-state index in [1.807, 2.05) is 19.1 Å². The summed E-state index contributed by atoms with van der Waals surface area (Å²) in [6.07, 6.45) is 3.61. The number of carbonyl (C=O) groups is 2. The van der Waals surface area contributed by atoms with Crippen LogP contribution in [0.3, 0.4) is 0 Å². The third-order valence-corrected chi connectivity index (χ3v) is 5.34. The molecular formula is C18H21N3O2S. The Labute approximate surface area is 145 Å². The Kier molecular flexibility index (Phi) is 4.09. The first kappa shape index (κ1) is 16.5. The Balaban J connectivity index is 1.85. The molecule has 126 valence electrons. The van der Waals surface area contributed by atoms with Gasteiger partial charge >= 0.3 is 0 Å². The van der Waals surface area contributed by atoms with E-state index in [2.05, 4.69) is 36.4 Å². The standard InChI is InChI=1S/C18H21N3O2S/c1-10(18(2,3)4)20-16(23)14-9-13-12(8-11-6-5-7-19-11)15(22)21-17(13)24-14/h5-10,19H,1-4H3,(H,20,23)(H,21,22). The second-order valence-electron chi connectivity index (χ2n) is 7.05. The Morgan fingerprint density at radius 1 is 1.38 bits per heavy atom. The molecule has 2 amide bonds. The van der Waals surface area contributed by atoms with Gasteiger partial charge in [-0.3, -0.25) is 9.59 Å². The van der Waals surface area contributed by atoms with E-state index in [1.54, 1.807) is 18.3 Å². The first-order valence-electron chi connectivity index (χ1n) is 7.87. The van der Waals surface area contributed by atoms with Gasteiger partial charge in [0.1, 0.15) is 5.00 Å². The smallest absolute Gasteiger partial charge is 0.261 e. The van der Waals surface area contributed by atoms with E-state index in [-0.39, 0.29) is 23.3 Å². The minimum absolute atomic E-state index is 0.0114. The van der Waals surface area contributed by atoms with Gasteiger partial charge in [0.2, 0.25) is 0 Å². The molecule has 0 fully saturated rings. The lowest BCUT2D eigenvalue weighted by molar-refractivity contribution is -0.110.